The Balaban J connectivity index is 1.55. The topological polar surface area (TPSA) is 62.5 Å². The number of carbonyl (C=O) groups excluding carboxylic acids is 1. The van der Waals surface area contributed by atoms with E-state index in [-0.39, 0.29) is 5.91 Å². The van der Waals surface area contributed by atoms with Gasteiger partial charge in [0.25, 0.3) is 5.91 Å². The normalized spacial score (nSPS) is 15.2. The quantitative estimate of drug-likeness (QED) is 0.752. The number of aryl methyl sites for hydroxylation is 1. The molecule has 1 fully saturated rings. The van der Waals surface area contributed by atoms with Gasteiger partial charge < -0.3 is 5.32 Å². The largest absolute Gasteiger partial charge is 0.319 e. The number of benzene rings is 1. The number of amides is 1. The van der Waals surface area contributed by atoms with Crippen LogP contribution in [0.3, 0.4) is 0 Å². The van der Waals surface area contributed by atoms with Crippen molar-refractivity contribution >= 4 is 29.0 Å². The molecule has 1 aliphatic rings. The highest BCUT2D eigenvalue weighted by Gasteiger charge is 2.17. The summed E-state index contributed by atoms with van der Waals surface area (Å²) in [6.07, 6.45) is 1.88. The maximum atomic E-state index is 12.8. The number of nitrogens with one attached hydrogen (secondary N) is 1. The van der Waals surface area contributed by atoms with E-state index in [1.807, 2.05) is 49.1 Å². The maximum Gasteiger partial charge on any atom is 0.293 e. The fraction of sp³-hybridized carbons (Fsp3) is 0.350. The fourth-order valence-electron chi connectivity index (χ4n) is 3.32. The van der Waals surface area contributed by atoms with E-state index >= 15 is 0 Å². The van der Waals surface area contributed by atoms with Crippen molar-refractivity contribution < 1.29 is 4.79 Å². The third kappa shape index (κ3) is 3.84. The van der Waals surface area contributed by atoms with Gasteiger partial charge in [-0.1, -0.05) is 18.2 Å². The van der Waals surface area contributed by atoms with E-state index in [0.29, 0.717) is 11.5 Å². The highest BCUT2D eigenvalue weighted by atomic mass is 32.2. The lowest BCUT2D eigenvalue weighted by Crippen LogP contribution is -2.32. The van der Waals surface area contributed by atoms with Crippen LogP contribution in [-0.2, 0) is 6.54 Å². The SMILES string of the molecule is Cc1ccc2nnc(C(=O)Nc3cccc(CN4CCSCC4)c3C)n2c1. The molecule has 0 atom stereocenters. The van der Waals surface area contributed by atoms with Crippen molar-refractivity contribution in [1.29, 1.82) is 0 Å². The van der Waals surface area contributed by atoms with Crippen LogP contribution in [-0.4, -0.2) is 50.0 Å². The molecule has 3 aromatic rings. The molecular formula is C20H23N5OS. The number of anilines is 1. The van der Waals surface area contributed by atoms with Gasteiger partial charge in [-0.15, -0.1) is 10.2 Å². The van der Waals surface area contributed by atoms with Crippen LogP contribution < -0.4 is 5.32 Å². The number of aromatic nitrogens is 3. The van der Waals surface area contributed by atoms with Gasteiger partial charge in [0.2, 0.25) is 5.82 Å². The Labute approximate surface area is 163 Å². The number of pyridine rings is 1. The van der Waals surface area contributed by atoms with Gasteiger partial charge in [0.05, 0.1) is 0 Å². The summed E-state index contributed by atoms with van der Waals surface area (Å²) < 4.78 is 1.73. The zero-order valence-corrected chi connectivity index (χ0v) is 16.4. The first-order chi connectivity index (χ1) is 13.1. The number of rotatable bonds is 4. The molecule has 27 heavy (non-hydrogen) atoms. The molecule has 0 unspecified atom stereocenters. The van der Waals surface area contributed by atoms with Crippen LogP contribution >= 0.6 is 11.8 Å². The lowest BCUT2D eigenvalue weighted by molar-refractivity contribution is 0.101. The van der Waals surface area contributed by atoms with E-state index in [1.54, 1.807) is 4.40 Å². The Hall–Kier alpha value is -2.38. The smallest absolute Gasteiger partial charge is 0.293 e. The van der Waals surface area contributed by atoms with Gasteiger partial charge in [0.1, 0.15) is 0 Å². The lowest BCUT2D eigenvalue weighted by Gasteiger charge is -2.27. The highest BCUT2D eigenvalue weighted by molar-refractivity contribution is 7.99. The molecule has 2 aromatic heterocycles. The lowest BCUT2D eigenvalue weighted by atomic mass is 10.1. The van der Waals surface area contributed by atoms with Crippen LogP contribution in [0.4, 0.5) is 5.69 Å². The molecule has 0 saturated carbocycles. The summed E-state index contributed by atoms with van der Waals surface area (Å²) in [4.78, 5) is 15.3. The number of hydrogen-bond acceptors (Lipinski definition) is 5. The van der Waals surface area contributed by atoms with Crippen molar-refractivity contribution in [3.63, 3.8) is 0 Å². The Morgan fingerprint density at radius 3 is 2.78 bits per heavy atom. The second-order valence-corrected chi connectivity index (χ2v) is 8.12. The summed E-state index contributed by atoms with van der Waals surface area (Å²) in [5.41, 5.74) is 4.90. The van der Waals surface area contributed by atoms with Crippen LogP contribution in [0.2, 0.25) is 0 Å². The number of hydrogen-bond donors (Lipinski definition) is 1. The summed E-state index contributed by atoms with van der Waals surface area (Å²) in [6, 6.07) is 9.91. The van der Waals surface area contributed by atoms with Crippen molar-refractivity contribution in [2.45, 2.75) is 20.4 Å². The van der Waals surface area contributed by atoms with Crippen molar-refractivity contribution in [3.8, 4) is 0 Å². The second kappa shape index (κ2) is 7.70. The average molecular weight is 382 g/mol. The number of carbonyl (C=O) groups is 1. The van der Waals surface area contributed by atoms with E-state index in [4.69, 9.17) is 0 Å². The summed E-state index contributed by atoms with van der Waals surface area (Å²) >= 11 is 2.01. The second-order valence-electron chi connectivity index (χ2n) is 6.89. The summed E-state index contributed by atoms with van der Waals surface area (Å²) in [5.74, 6) is 2.43. The fourth-order valence-corrected chi connectivity index (χ4v) is 4.30. The summed E-state index contributed by atoms with van der Waals surface area (Å²) in [7, 11) is 0. The third-order valence-electron chi connectivity index (χ3n) is 4.95. The monoisotopic (exact) mass is 381 g/mol. The third-order valence-corrected chi connectivity index (χ3v) is 5.89. The zero-order chi connectivity index (χ0) is 18.8. The molecule has 1 N–H and O–H groups in total. The predicted molar refractivity (Wildman–Crippen MR) is 109 cm³/mol. The van der Waals surface area contributed by atoms with E-state index in [0.717, 1.165) is 36.4 Å². The number of thioether (sulfide) groups is 1. The molecule has 4 rings (SSSR count). The summed E-state index contributed by atoms with van der Waals surface area (Å²) in [5, 5.41) is 11.2. The minimum atomic E-state index is -0.247. The molecule has 1 saturated heterocycles. The maximum absolute atomic E-state index is 12.8. The zero-order valence-electron chi connectivity index (χ0n) is 15.6. The molecule has 1 amide bonds. The minimum Gasteiger partial charge on any atom is -0.319 e. The standard InChI is InChI=1S/C20H23N5OS/c1-14-6-7-18-22-23-19(25(18)12-14)20(26)21-17-5-3-4-16(15(17)2)13-24-8-10-27-11-9-24/h3-7,12H,8-11,13H2,1-2H3,(H,21,26). The molecule has 7 heteroatoms. The summed E-state index contributed by atoms with van der Waals surface area (Å²) in [6.45, 7) is 7.20. The predicted octanol–water partition coefficient (Wildman–Crippen LogP) is 3.15. The molecule has 0 bridgehead atoms. The molecule has 0 aliphatic carbocycles. The van der Waals surface area contributed by atoms with Gasteiger partial charge in [-0.2, -0.15) is 11.8 Å². The van der Waals surface area contributed by atoms with Gasteiger partial charge in [0, 0.05) is 43.0 Å². The molecular weight excluding hydrogens is 358 g/mol. The van der Waals surface area contributed by atoms with E-state index < -0.39 is 0 Å². The molecule has 6 nitrogen and oxygen atoms in total. The first-order valence-electron chi connectivity index (χ1n) is 9.13. The van der Waals surface area contributed by atoms with Gasteiger partial charge in [-0.05, 0) is 42.7 Å². The average Bonchev–Trinajstić information content (AvgIpc) is 3.09. The van der Waals surface area contributed by atoms with Crippen LogP contribution in [0.15, 0.2) is 36.5 Å². The van der Waals surface area contributed by atoms with Crippen molar-refractivity contribution in [3.05, 3.63) is 59.0 Å². The minimum absolute atomic E-state index is 0.247. The van der Waals surface area contributed by atoms with E-state index in [1.165, 1.54) is 17.1 Å². The molecule has 0 spiro atoms. The van der Waals surface area contributed by atoms with Crippen LogP contribution in [0.25, 0.3) is 5.65 Å². The molecule has 1 aromatic carbocycles. The van der Waals surface area contributed by atoms with Gasteiger partial charge in [0.15, 0.2) is 5.65 Å². The Morgan fingerprint density at radius 1 is 1.15 bits per heavy atom. The molecule has 140 valence electrons. The molecule has 1 aliphatic heterocycles. The first kappa shape index (κ1) is 18.0. The number of nitrogens with zero attached hydrogens (tertiary/aromatic N) is 4. The van der Waals surface area contributed by atoms with Gasteiger partial charge >= 0.3 is 0 Å². The van der Waals surface area contributed by atoms with Gasteiger partial charge in [-0.3, -0.25) is 14.1 Å². The Kier molecular flexibility index (Phi) is 5.13. The highest BCUT2D eigenvalue weighted by Crippen LogP contribution is 2.22. The molecule has 0 radical (unpaired) electrons. The first-order valence-corrected chi connectivity index (χ1v) is 10.3. The van der Waals surface area contributed by atoms with Crippen molar-refractivity contribution in [2.24, 2.45) is 0 Å². The molecule has 3 heterocycles. The van der Waals surface area contributed by atoms with Crippen LogP contribution in [0, 0.1) is 13.8 Å². The van der Waals surface area contributed by atoms with Crippen molar-refractivity contribution in [1.82, 2.24) is 19.5 Å². The Morgan fingerprint density at radius 2 is 1.96 bits per heavy atom. The number of fused-ring (bicyclic) bond motifs is 1. The van der Waals surface area contributed by atoms with Crippen LogP contribution in [0.5, 0.6) is 0 Å². The van der Waals surface area contributed by atoms with Gasteiger partial charge in [-0.25, -0.2) is 0 Å². The van der Waals surface area contributed by atoms with E-state index in [2.05, 4.69) is 33.4 Å². The van der Waals surface area contributed by atoms with E-state index in [9.17, 15) is 4.79 Å². The van der Waals surface area contributed by atoms with Crippen molar-refractivity contribution in [2.75, 3.05) is 29.9 Å². The van der Waals surface area contributed by atoms with Crippen LogP contribution in [0.1, 0.15) is 27.3 Å². The Bertz CT molecular complexity index is 978.